The number of hydrogen-bond acceptors (Lipinski definition) is 4. The SMILES string of the molecule is FC1(F)CCN(c2cnnc(Cl)n2)C1. The molecule has 0 spiro atoms. The predicted octanol–water partition coefficient (Wildman–Crippen LogP) is 1.37. The van der Waals surface area contributed by atoms with Crippen LogP contribution >= 0.6 is 11.6 Å². The zero-order chi connectivity index (χ0) is 10.2. The molecule has 0 unspecified atom stereocenters. The van der Waals surface area contributed by atoms with Crippen molar-refractivity contribution in [3.8, 4) is 0 Å². The van der Waals surface area contributed by atoms with Crippen LogP contribution in [-0.2, 0) is 0 Å². The topological polar surface area (TPSA) is 41.9 Å². The van der Waals surface area contributed by atoms with E-state index in [0.717, 1.165) is 0 Å². The maximum absolute atomic E-state index is 12.8. The maximum atomic E-state index is 12.8. The standard InChI is InChI=1S/C7H7ClF2N4/c8-6-12-5(3-11-13-6)14-2-1-7(9,10)4-14/h3H,1-2,4H2. The third-order valence-electron chi connectivity index (χ3n) is 2.01. The molecule has 0 radical (unpaired) electrons. The smallest absolute Gasteiger partial charge is 0.266 e. The van der Waals surface area contributed by atoms with Gasteiger partial charge >= 0.3 is 0 Å². The molecule has 1 aliphatic heterocycles. The predicted molar refractivity (Wildman–Crippen MR) is 46.6 cm³/mol. The lowest BCUT2D eigenvalue weighted by molar-refractivity contribution is 0.0256. The second-order valence-electron chi connectivity index (χ2n) is 3.11. The van der Waals surface area contributed by atoms with Gasteiger partial charge in [0.15, 0.2) is 5.82 Å². The van der Waals surface area contributed by atoms with E-state index < -0.39 is 5.92 Å². The van der Waals surface area contributed by atoms with E-state index in [1.807, 2.05) is 0 Å². The Kier molecular flexibility index (Phi) is 2.22. The molecule has 4 nitrogen and oxygen atoms in total. The third-order valence-corrected chi connectivity index (χ3v) is 2.17. The Morgan fingerprint density at radius 1 is 1.50 bits per heavy atom. The Balaban J connectivity index is 2.17. The molecular formula is C7H7ClF2N4. The van der Waals surface area contributed by atoms with E-state index in [1.54, 1.807) is 0 Å². The second kappa shape index (κ2) is 3.27. The number of anilines is 1. The van der Waals surface area contributed by atoms with Crippen LogP contribution in [0.4, 0.5) is 14.6 Å². The van der Waals surface area contributed by atoms with Crippen LogP contribution in [0.1, 0.15) is 6.42 Å². The molecule has 7 heteroatoms. The molecule has 76 valence electrons. The quantitative estimate of drug-likeness (QED) is 0.717. The molecule has 2 rings (SSSR count). The summed E-state index contributed by atoms with van der Waals surface area (Å²) in [7, 11) is 0. The molecule has 0 aromatic carbocycles. The van der Waals surface area contributed by atoms with Crippen LogP contribution in [0.5, 0.6) is 0 Å². The van der Waals surface area contributed by atoms with Crippen molar-refractivity contribution in [2.45, 2.75) is 12.3 Å². The summed E-state index contributed by atoms with van der Waals surface area (Å²) >= 11 is 5.50. The van der Waals surface area contributed by atoms with Gasteiger partial charge in [0.05, 0.1) is 12.7 Å². The lowest BCUT2D eigenvalue weighted by Crippen LogP contribution is -2.25. The van der Waals surface area contributed by atoms with Crippen LogP contribution in [-0.4, -0.2) is 34.2 Å². The summed E-state index contributed by atoms with van der Waals surface area (Å²) < 4.78 is 25.7. The molecule has 2 heterocycles. The zero-order valence-corrected chi connectivity index (χ0v) is 7.88. The lowest BCUT2D eigenvalue weighted by Gasteiger charge is -2.15. The highest BCUT2D eigenvalue weighted by atomic mass is 35.5. The Hall–Kier alpha value is -1.04. The van der Waals surface area contributed by atoms with Crippen molar-refractivity contribution in [1.29, 1.82) is 0 Å². The molecule has 1 aromatic rings. The molecule has 1 fully saturated rings. The first-order chi connectivity index (χ1) is 6.57. The van der Waals surface area contributed by atoms with E-state index in [2.05, 4.69) is 15.2 Å². The van der Waals surface area contributed by atoms with E-state index in [0.29, 0.717) is 5.82 Å². The van der Waals surface area contributed by atoms with E-state index in [-0.39, 0.29) is 24.8 Å². The van der Waals surface area contributed by atoms with E-state index in [9.17, 15) is 8.78 Å². The summed E-state index contributed by atoms with van der Waals surface area (Å²) in [4.78, 5) is 5.25. The minimum atomic E-state index is -2.64. The molecule has 14 heavy (non-hydrogen) atoms. The second-order valence-corrected chi connectivity index (χ2v) is 3.45. The van der Waals surface area contributed by atoms with Gasteiger partial charge in [-0.3, -0.25) is 0 Å². The van der Waals surface area contributed by atoms with Gasteiger partial charge < -0.3 is 4.90 Å². The van der Waals surface area contributed by atoms with Gasteiger partial charge in [0.2, 0.25) is 5.28 Å². The Labute approximate surface area is 83.9 Å². The Bertz CT molecular complexity index is 346. The molecule has 0 amide bonds. The van der Waals surface area contributed by atoms with Gasteiger partial charge in [-0.05, 0) is 11.6 Å². The van der Waals surface area contributed by atoms with Gasteiger partial charge in [-0.1, -0.05) is 0 Å². The average molecular weight is 221 g/mol. The third kappa shape index (κ3) is 1.89. The largest absolute Gasteiger partial charge is 0.349 e. The van der Waals surface area contributed by atoms with Gasteiger partial charge in [-0.15, -0.1) is 5.10 Å². The maximum Gasteiger partial charge on any atom is 0.266 e. The van der Waals surface area contributed by atoms with Crippen LogP contribution in [0.25, 0.3) is 0 Å². The molecule has 0 saturated carbocycles. The van der Waals surface area contributed by atoms with Gasteiger partial charge in [-0.25, -0.2) is 8.78 Å². The van der Waals surface area contributed by atoms with E-state index >= 15 is 0 Å². The lowest BCUT2D eigenvalue weighted by atomic mass is 10.3. The highest BCUT2D eigenvalue weighted by Crippen LogP contribution is 2.29. The van der Waals surface area contributed by atoms with Crippen molar-refractivity contribution >= 4 is 17.4 Å². The first-order valence-corrected chi connectivity index (χ1v) is 4.43. The fourth-order valence-electron chi connectivity index (χ4n) is 1.36. The van der Waals surface area contributed by atoms with Crippen molar-refractivity contribution in [1.82, 2.24) is 15.2 Å². The number of alkyl halides is 2. The summed E-state index contributed by atoms with van der Waals surface area (Å²) in [6.45, 7) is -0.0654. The first-order valence-electron chi connectivity index (χ1n) is 4.05. The zero-order valence-electron chi connectivity index (χ0n) is 7.12. The molecule has 0 atom stereocenters. The number of nitrogens with zero attached hydrogens (tertiary/aromatic N) is 4. The summed E-state index contributed by atoms with van der Waals surface area (Å²) in [6, 6.07) is 0. The van der Waals surface area contributed by atoms with Crippen LogP contribution in [0.3, 0.4) is 0 Å². The normalized spacial score (nSPS) is 20.1. The van der Waals surface area contributed by atoms with Gasteiger partial charge in [0, 0.05) is 13.0 Å². The van der Waals surface area contributed by atoms with Crippen molar-refractivity contribution in [3.63, 3.8) is 0 Å². The molecule has 1 saturated heterocycles. The number of hydrogen-bond donors (Lipinski definition) is 0. The van der Waals surface area contributed by atoms with Crippen molar-refractivity contribution in [2.75, 3.05) is 18.0 Å². The van der Waals surface area contributed by atoms with Gasteiger partial charge in [0.25, 0.3) is 5.92 Å². The van der Waals surface area contributed by atoms with Crippen LogP contribution < -0.4 is 4.90 Å². The molecule has 1 aliphatic rings. The van der Waals surface area contributed by atoms with Crippen molar-refractivity contribution in [3.05, 3.63) is 11.5 Å². The minimum Gasteiger partial charge on any atom is -0.349 e. The highest BCUT2D eigenvalue weighted by Gasteiger charge is 2.38. The van der Waals surface area contributed by atoms with Gasteiger partial charge in [0.1, 0.15) is 0 Å². The number of rotatable bonds is 1. The number of halogens is 3. The summed E-state index contributed by atoms with van der Waals surface area (Å²) in [5.74, 6) is -2.29. The van der Waals surface area contributed by atoms with Crippen LogP contribution in [0, 0.1) is 0 Å². The molecule has 0 bridgehead atoms. The fraction of sp³-hybridized carbons (Fsp3) is 0.571. The Morgan fingerprint density at radius 3 is 2.86 bits per heavy atom. The summed E-state index contributed by atoms with van der Waals surface area (Å²) in [5.41, 5.74) is 0. The molecule has 1 aromatic heterocycles. The summed E-state index contributed by atoms with van der Waals surface area (Å²) in [6.07, 6.45) is 1.17. The minimum absolute atomic E-state index is 0.0299. The van der Waals surface area contributed by atoms with Crippen LogP contribution in [0.15, 0.2) is 6.20 Å². The van der Waals surface area contributed by atoms with Crippen molar-refractivity contribution in [2.24, 2.45) is 0 Å². The molecule has 0 N–H and O–H groups in total. The average Bonchev–Trinajstić information content (AvgIpc) is 2.46. The first kappa shape index (κ1) is 9.51. The molecular weight excluding hydrogens is 214 g/mol. The Morgan fingerprint density at radius 2 is 2.29 bits per heavy atom. The molecule has 0 aliphatic carbocycles. The summed E-state index contributed by atoms with van der Waals surface area (Å²) in [5, 5.41) is 6.95. The van der Waals surface area contributed by atoms with Crippen LogP contribution in [0.2, 0.25) is 5.28 Å². The highest BCUT2D eigenvalue weighted by molar-refractivity contribution is 6.28. The van der Waals surface area contributed by atoms with E-state index in [1.165, 1.54) is 11.1 Å². The monoisotopic (exact) mass is 220 g/mol. The van der Waals surface area contributed by atoms with E-state index in [4.69, 9.17) is 11.6 Å². The van der Waals surface area contributed by atoms with Crippen molar-refractivity contribution < 1.29 is 8.78 Å². The van der Waals surface area contributed by atoms with Gasteiger partial charge in [-0.2, -0.15) is 10.1 Å². The fourth-order valence-corrected chi connectivity index (χ4v) is 1.49. The number of aromatic nitrogens is 3.